The Morgan fingerprint density at radius 1 is 1.44 bits per heavy atom. The molecule has 1 aromatic heterocycles. The molecule has 1 aromatic carbocycles. The van der Waals surface area contributed by atoms with Crippen molar-refractivity contribution in [1.82, 2.24) is 4.98 Å². The number of carbonyl (C=O) groups is 1. The number of carbonyl (C=O) groups excluding carboxylic acids is 1. The van der Waals surface area contributed by atoms with Gasteiger partial charge in [0.15, 0.2) is 5.13 Å². The number of nitrogens with zero attached hydrogens (tertiary/aromatic N) is 2. The lowest BCUT2D eigenvalue weighted by Gasteiger charge is -2.18. The topological polar surface area (TPSA) is 33.2 Å². The summed E-state index contributed by atoms with van der Waals surface area (Å²) in [6.07, 6.45) is 6.32. The summed E-state index contributed by atoms with van der Waals surface area (Å²) in [5.41, 5.74) is 2.36. The highest BCUT2D eigenvalue weighted by Crippen LogP contribution is 2.32. The molecule has 2 aromatic rings. The Bertz CT molecular complexity index is 764. The average molecular weight is 437 g/mol. The van der Waals surface area contributed by atoms with Crippen molar-refractivity contribution >= 4 is 50.1 Å². The fourth-order valence-corrected chi connectivity index (χ4v) is 5.40. The Labute approximate surface area is 165 Å². The highest BCUT2D eigenvalue weighted by atomic mass is 79.9. The van der Waals surface area contributed by atoms with Crippen molar-refractivity contribution in [3.05, 3.63) is 51.5 Å². The zero-order chi connectivity index (χ0) is 17.8. The Balaban J connectivity index is 1.72. The van der Waals surface area contributed by atoms with Crippen molar-refractivity contribution in [1.29, 1.82) is 0 Å². The Kier molecular flexibility index (Phi) is 6.36. The van der Waals surface area contributed by atoms with Crippen LogP contribution in [-0.2, 0) is 17.6 Å². The minimum atomic E-state index is 0.0818. The van der Waals surface area contributed by atoms with E-state index >= 15 is 0 Å². The first kappa shape index (κ1) is 18.7. The Morgan fingerprint density at radius 3 is 2.96 bits per heavy atom. The minimum Gasteiger partial charge on any atom is -0.284 e. The summed E-state index contributed by atoms with van der Waals surface area (Å²) in [7, 11) is 0. The van der Waals surface area contributed by atoms with E-state index in [1.54, 1.807) is 34.1 Å². The summed E-state index contributed by atoms with van der Waals surface area (Å²) in [6, 6.07) is 6.14. The van der Waals surface area contributed by atoms with Crippen LogP contribution in [0.25, 0.3) is 0 Å². The monoisotopic (exact) mass is 436 g/mol. The van der Waals surface area contributed by atoms with Crippen LogP contribution in [0.5, 0.6) is 0 Å². The van der Waals surface area contributed by atoms with Crippen LogP contribution < -0.4 is 4.90 Å². The van der Waals surface area contributed by atoms with Gasteiger partial charge in [-0.1, -0.05) is 22.0 Å². The standard InChI is InChI=1S/C19H21BrN2OS2/c1-3-10-22(19-21-15-6-4-5-7-17(15)25-19)18(23)12-24-16-9-8-14(20)11-13(16)2/h3,8-9,11H,1,4-7,10,12H2,2H3. The van der Waals surface area contributed by atoms with E-state index in [1.807, 2.05) is 6.07 Å². The van der Waals surface area contributed by atoms with E-state index in [1.165, 1.54) is 29.0 Å². The van der Waals surface area contributed by atoms with Gasteiger partial charge in [0.2, 0.25) is 5.91 Å². The van der Waals surface area contributed by atoms with Gasteiger partial charge in [0.25, 0.3) is 0 Å². The number of hydrogen-bond donors (Lipinski definition) is 0. The molecule has 0 N–H and O–H groups in total. The molecular weight excluding hydrogens is 416 g/mol. The van der Waals surface area contributed by atoms with Gasteiger partial charge in [-0.3, -0.25) is 9.69 Å². The molecule has 6 heteroatoms. The first-order chi connectivity index (χ1) is 12.1. The van der Waals surface area contributed by atoms with Gasteiger partial charge in [0, 0.05) is 20.8 Å². The zero-order valence-corrected chi connectivity index (χ0v) is 17.5. The summed E-state index contributed by atoms with van der Waals surface area (Å²) >= 11 is 6.72. The van der Waals surface area contributed by atoms with Crippen LogP contribution in [0.4, 0.5) is 5.13 Å². The molecular formula is C19H21BrN2OS2. The van der Waals surface area contributed by atoms with Crippen LogP contribution >= 0.6 is 39.0 Å². The molecule has 25 heavy (non-hydrogen) atoms. The van der Waals surface area contributed by atoms with Gasteiger partial charge in [0.05, 0.1) is 11.4 Å². The molecule has 3 rings (SSSR count). The Hall–Kier alpha value is -1.11. The van der Waals surface area contributed by atoms with Crippen molar-refractivity contribution in [2.24, 2.45) is 0 Å². The van der Waals surface area contributed by atoms with Crippen LogP contribution in [0.3, 0.4) is 0 Å². The molecule has 3 nitrogen and oxygen atoms in total. The number of aryl methyl sites for hydroxylation is 3. The van der Waals surface area contributed by atoms with Crippen LogP contribution in [0.1, 0.15) is 29.0 Å². The van der Waals surface area contributed by atoms with Crippen LogP contribution in [0, 0.1) is 6.92 Å². The molecule has 0 saturated heterocycles. The van der Waals surface area contributed by atoms with E-state index in [2.05, 4.69) is 41.6 Å². The molecule has 132 valence electrons. The predicted molar refractivity (Wildman–Crippen MR) is 111 cm³/mol. The third-order valence-electron chi connectivity index (χ3n) is 4.17. The lowest BCUT2D eigenvalue weighted by Crippen LogP contribution is -2.32. The molecule has 0 fully saturated rings. The maximum Gasteiger partial charge on any atom is 0.239 e. The smallest absolute Gasteiger partial charge is 0.239 e. The number of aromatic nitrogens is 1. The number of thiazole rings is 1. The van der Waals surface area contributed by atoms with E-state index in [4.69, 9.17) is 4.98 Å². The molecule has 0 unspecified atom stereocenters. The molecule has 0 saturated carbocycles. The highest BCUT2D eigenvalue weighted by molar-refractivity contribution is 9.10. The van der Waals surface area contributed by atoms with Crippen molar-refractivity contribution in [3.8, 4) is 0 Å². The van der Waals surface area contributed by atoms with Crippen LogP contribution in [0.15, 0.2) is 40.2 Å². The second-order valence-corrected chi connectivity index (χ2v) is 9.06. The summed E-state index contributed by atoms with van der Waals surface area (Å²) < 4.78 is 1.06. The van der Waals surface area contributed by atoms with E-state index in [0.717, 1.165) is 27.3 Å². The van der Waals surface area contributed by atoms with Crippen LogP contribution in [0.2, 0.25) is 0 Å². The van der Waals surface area contributed by atoms with Gasteiger partial charge in [-0.05, 0) is 56.4 Å². The first-order valence-electron chi connectivity index (χ1n) is 8.37. The third-order valence-corrected chi connectivity index (χ3v) is 7.00. The van der Waals surface area contributed by atoms with Crippen molar-refractivity contribution in [3.63, 3.8) is 0 Å². The number of anilines is 1. The van der Waals surface area contributed by atoms with Gasteiger partial charge in [0.1, 0.15) is 0 Å². The molecule has 0 radical (unpaired) electrons. The van der Waals surface area contributed by atoms with Gasteiger partial charge in [-0.2, -0.15) is 0 Å². The van der Waals surface area contributed by atoms with E-state index < -0.39 is 0 Å². The number of hydrogen-bond acceptors (Lipinski definition) is 4. The first-order valence-corrected chi connectivity index (χ1v) is 11.0. The quantitative estimate of drug-likeness (QED) is 0.448. The molecule has 0 bridgehead atoms. The fourth-order valence-electron chi connectivity index (χ4n) is 2.86. The summed E-state index contributed by atoms with van der Waals surface area (Å²) in [5, 5.41) is 0.824. The second kappa shape index (κ2) is 8.52. The lowest BCUT2D eigenvalue weighted by atomic mass is 10.0. The van der Waals surface area contributed by atoms with Gasteiger partial charge in [-0.15, -0.1) is 29.7 Å². The highest BCUT2D eigenvalue weighted by Gasteiger charge is 2.22. The van der Waals surface area contributed by atoms with Crippen molar-refractivity contribution in [2.75, 3.05) is 17.2 Å². The van der Waals surface area contributed by atoms with Gasteiger partial charge >= 0.3 is 0 Å². The number of amides is 1. The van der Waals surface area contributed by atoms with E-state index in [9.17, 15) is 4.79 Å². The molecule has 0 aliphatic heterocycles. The normalized spacial score (nSPS) is 13.4. The zero-order valence-electron chi connectivity index (χ0n) is 14.3. The maximum atomic E-state index is 12.8. The lowest BCUT2D eigenvalue weighted by molar-refractivity contribution is -0.116. The summed E-state index contributed by atoms with van der Waals surface area (Å²) in [4.78, 5) is 21.8. The van der Waals surface area contributed by atoms with Gasteiger partial charge < -0.3 is 0 Å². The summed E-state index contributed by atoms with van der Waals surface area (Å²) in [5.74, 6) is 0.485. The fraction of sp³-hybridized carbons (Fsp3) is 0.368. The number of rotatable bonds is 6. The minimum absolute atomic E-state index is 0.0818. The SMILES string of the molecule is C=CCN(C(=O)CSc1ccc(Br)cc1C)c1nc2c(s1)CCCC2. The third kappa shape index (κ3) is 4.54. The summed E-state index contributed by atoms with van der Waals surface area (Å²) in [6.45, 7) is 6.37. The number of halogens is 1. The molecule has 1 aliphatic rings. The molecule has 1 aliphatic carbocycles. The van der Waals surface area contributed by atoms with Crippen molar-refractivity contribution < 1.29 is 4.79 Å². The number of fused-ring (bicyclic) bond motifs is 1. The van der Waals surface area contributed by atoms with E-state index in [0.29, 0.717) is 12.3 Å². The van der Waals surface area contributed by atoms with E-state index in [-0.39, 0.29) is 5.91 Å². The second-order valence-electron chi connectivity index (χ2n) is 6.06. The molecule has 1 heterocycles. The van der Waals surface area contributed by atoms with Crippen molar-refractivity contribution in [2.45, 2.75) is 37.5 Å². The molecule has 0 atom stereocenters. The average Bonchev–Trinajstić information content (AvgIpc) is 3.02. The maximum absolute atomic E-state index is 12.8. The van der Waals surface area contributed by atoms with Gasteiger partial charge in [-0.25, -0.2) is 4.98 Å². The van der Waals surface area contributed by atoms with Crippen LogP contribution in [-0.4, -0.2) is 23.2 Å². The molecule has 0 spiro atoms. The number of benzene rings is 1. The largest absolute Gasteiger partial charge is 0.284 e. The number of thioether (sulfide) groups is 1. The molecule has 1 amide bonds. The predicted octanol–water partition coefficient (Wildman–Crippen LogP) is 5.40. The Morgan fingerprint density at radius 2 is 2.24 bits per heavy atom.